The smallest absolute Gasteiger partial charge is 0.252 e. The first-order valence-electron chi connectivity index (χ1n) is 7.21. The molecular formula is C16H17N5O2. The summed E-state index contributed by atoms with van der Waals surface area (Å²) >= 11 is 0. The molecule has 0 radical (unpaired) electrons. The third-order valence-electron chi connectivity index (χ3n) is 3.37. The Morgan fingerprint density at radius 1 is 1.30 bits per heavy atom. The van der Waals surface area contributed by atoms with Crippen LogP contribution in [0.3, 0.4) is 0 Å². The maximum Gasteiger partial charge on any atom is 0.252 e. The lowest BCUT2D eigenvalue weighted by Gasteiger charge is -2.22. The molecule has 7 nitrogen and oxygen atoms in total. The minimum atomic E-state index is -0.746. The second-order valence-electron chi connectivity index (χ2n) is 5.69. The van der Waals surface area contributed by atoms with Gasteiger partial charge < -0.3 is 14.4 Å². The minimum absolute atomic E-state index is 0.184. The van der Waals surface area contributed by atoms with Crippen LogP contribution in [0.2, 0.25) is 0 Å². The lowest BCUT2D eigenvalue weighted by molar-refractivity contribution is 0.0907. The number of carbonyl (C=O) groups is 1. The maximum atomic E-state index is 12.3. The molecule has 3 aromatic rings. The fraction of sp³-hybridized carbons (Fsp3) is 0.250. The van der Waals surface area contributed by atoms with E-state index in [2.05, 4.69) is 20.4 Å². The van der Waals surface area contributed by atoms with Crippen LogP contribution in [0.4, 0.5) is 0 Å². The van der Waals surface area contributed by atoms with E-state index in [9.17, 15) is 4.79 Å². The zero-order valence-electron chi connectivity index (χ0n) is 12.9. The van der Waals surface area contributed by atoms with Crippen molar-refractivity contribution in [2.24, 2.45) is 0 Å². The molecule has 0 saturated carbocycles. The zero-order chi connectivity index (χ0) is 16.3. The molecule has 0 fully saturated rings. The van der Waals surface area contributed by atoms with Crippen molar-refractivity contribution >= 4 is 5.91 Å². The Morgan fingerprint density at radius 3 is 2.78 bits per heavy atom. The molecule has 23 heavy (non-hydrogen) atoms. The molecule has 0 unspecified atom stereocenters. The van der Waals surface area contributed by atoms with Crippen molar-refractivity contribution in [1.82, 2.24) is 25.0 Å². The Kier molecular flexibility index (Phi) is 3.92. The SMILES string of the molecule is CC(C)(NC(=O)c1ccccc1)c1noc(Cn2ccnc2)n1. The standard InChI is InChI=1S/C16H17N5O2/c1-16(2,19-14(22)12-6-4-3-5-7-12)15-18-13(23-20-15)10-21-9-8-17-11-21/h3-9,11H,10H2,1-2H3,(H,19,22). The highest BCUT2D eigenvalue weighted by Crippen LogP contribution is 2.18. The van der Waals surface area contributed by atoms with E-state index in [4.69, 9.17) is 4.52 Å². The number of carbonyl (C=O) groups excluding carboxylic acids is 1. The molecule has 1 N–H and O–H groups in total. The molecule has 0 spiro atoms. The first-order chi connectivity index (χ1) is 11.0. The summed E-state index contributed by atoms with van der Waals surface area (Å²) in [6, 6.07) is 9.01. The number of imidazole rings is 1. The average Bonchev–Trinajstić information content (AvgIpc) is 3.20. The highest BCUT2D eigenvalue weighted by Gasteiger charge is 2.29. The first-order valence-corrected chi connectivity index (χ1v) is 7.21. The van der Waals surface area contributed by atoms with Gasteiger partial charge in [-0.1, -0.05) is 23.4 Å². The van der Waals surface area contributed by atoms with E-state index in [1.807, 2.05) is 42.8 Å². The zero-order valence-corrected chi connectivity index (χ0v) is 12.9. The second-order valence-corrected chi connectivity index (χ2v) is 5.69. The summed E-state index contributed by atoms with van der Waals surface area (Å²) in [6.45, 7) is 4.11. The van der Waals surface area contributed by atoms with Crippen LogP contribution in [-0.2, 0) is 12.1 Å². The van der Waals surface area contributed by atoms with E-state index >= 15 is 0 Å². The van der Waals surface area contributed by atoms with Crippen molar-refractivity contribution in [2.45, 2.75) is 25.9 Å². The van der Waals surface area contributed by atoms with Gasteiger partial charge in [0.15, 0.2) is 5.82 Å². The molecule has 2 heterocycles. The van der Waals surface area contributed by atoms with Gasteiger partial charge in [-0.3, -0.25) is 4.79 Å². The molecular weight excluding hydrogens is 294 g/mol. The largest absolute Gasteiger partial charge is 0.340 e. The number of nitrogens with one attached hydrogen (secondary N) is 1. The van der Waals surface area contributed by atoms with Gasteiger partial charge in [0.25, 0.3) is 5.91 Å². The number of nitrogens with zero attached hydrogens (tertiary/aromatic N) is 4. The van der Waals surface area contributed by atoms with Gasteiger partial charge in [-0.25, -0.2) is 4.98 Å². The fourth-order valence-corrected chi connectivity index (χ4v) is 2.11. The molecule has 0 saturated heterocycles. The summed E-state index contributed by atoms with van der Waals surface area (Å²) in [6.07, 6.45) is 5.17. The number of amides is 1. The molecule has 0 aliphatic rings. The Balaban J connectivity index is 1.72. The van der Waals surface area contributed by atoms with Crippen molar-refractivity contribution in [1.29, 1.82) is 0 Å². The van der Waals surface area contributed by atoms with E-state index in [1.54, 1.807) is 24.7 Å². The summed E-state index contributed by atoms with van der Waals surface area (Å²) in [7, 11) is 0. The van der Waals surface area contributed by atoms with Gasteiger partial charge in [0.2, 0.25) is 5.89 Å². The fourth-order valence-electron chi connectivity index (χ4n) is 2.11. The highest BCUT2D eigenvalue weighted by molar-refractivity contribution is 5.94. The molecule has 1 aromatic carbocycles. The van der Waals surface area contributed by atoms with Crippen LogP contribution in [0.25, 0.3) is 0 Å². The van der Waals surface area contributed by atoms with Crippen LogP contribution in [0.1, 0.15) is 35.9 Å². The van der Waals surface area contributed by atoms with E-state index in [0.29, 0.717) is 23.8 Å². The molecule has 0 aliphatic carbocycles. The Hall–Kier alpha value is -2.96. The van der Waals surface area contributed by atoms with E-state index in [-0.39, 0.29) is 5.91 Å². The van der Waals surface area contributed by atoms with Crippen molar-refractivity contribution in [3.8, 4) is 0 Å². The van der Waals surface area contributed by atoms with E-state index < -0.39 is 5.54 Å². The van der Waals surface area contributed by atoms with Gasteiger partial charge in [0, 0.05) is 18.0 Å². The minimum Gasteiger partial charge on any atom is -0.340 e. The number of rotatable bonds is 5. The predicted molar refractivity (Wildman–Crippen MR) is 82.6 cm³/mol. The summed E-state index contributed by atoms with van der Waals surface area (Å²) < 4.78 is 7.08. The van der Waals surface area contributed by atoms with Crippen molar-refractivity contribution in [3.05, 3.63) is 66.3 Å². The van der Waals surface area contributed by atoms with Crippen LogP contribution >= 0.6 is 0 Å². The molecule has 2 aromatic heterocycles. The van der Waals surface area contributed by atoms with Crippen LogP contribution < -0.4 is 5.32 Å². The third-order valence-corrected chi connectivity index (χ3v) is 3.37. The molecule has 118 valence electrons. The van der Waals surface area contributed by atoms with Crippen LogP contribution in [0.5, 0.6) is 0 Å². The molecule has 0 atom stereocenters. The van der Waals surface area contributed by atoms with E-state index in [1.165, 1.54) is 0 Å². The molecule has 3 rings (SSSR count). The Bertz CT molecular complexity index is 778. The highest BCUT2D eigenvalue weighted by atomic mass is 16.5. The number of hydrogen-bond donors (Lipinski definition) is 1. The normalized spacial score (nSPS) is 11.4. The summed E-state index contributed by atoms with van der Waals surface area (Å²) in [5, 5.41) is 6.90. The third kappa shape index (κ3) is 3.45. The van der Waals surface area contributed by atoms with Gasteiger partial charge >= 0.3 is 0 Å². The van der Waals surface area contributed by atoms with Crippen LogP contribution in [0, 0.1) is 0 Å². The average molecular weight is 311 g/mol. The second kappa shape index (κ2) is 6.04. The quantitative estimate of drug-likeness (QED) is 0.778. The van der Waals surface area contributed by atoms with Gasteiger partial charge in [-0.05, 0) is 26.0 Å². The molecule has 1 amide bonds. The predicted octanol–water partition coefficient (Wildman–Crippen LogP) is 1.98. The number of benzene rings is 1. The summed E-state index contributed by atoms with van der Waals surface area (Å²) in [5.74, 6) is 0.702. The number of aromatic nitrogens is 4. The van der Waals surface area contributed by atoms with Crippen molar-refractivity contribution in [3.63, 3.8) is 0 Å². The lowest BCUT2D eigenvalue weighted by atomic mass is 10.0. The summed E-state index contributed by atoms with van der Waals surface area (Å²) in [4.78, 5) is 20.6. The van der Waals surface area contributed by atoms with Gasteiger partial charge in [0.05, 0.1) is 11.9 Å². The molecule has 7 heteroatoms. The Labute approximate surface area is 133 Å². The summed E-state index contributed by atoms with van der Waals surface area (Å²) in [5.41, 5.74) is -0.161. The van der Waals surface area contributed by atoms with Crippen molar-refractivity contribution < 1.29 is 9.32 Å². The Morgan fingerprint density at radius 2 is 2.09 bits per heavy atom. The topological polar surface area (TPSA) is 85.8 Å². The lowest BCUT2D eigenvalue weighted by Crippen LogP contribution is -2.41. The molecule has 0 aliphatic heterocycles. The molecule has 0 bridgehead atoms. The van der Waals surface area contributed by atoms with Crippen LogP contribution in [0.15, 0.2) is 53.6 Å². The van der Waals surface area contributed by atoms with Crippen LogP contribution in [-0.4, -0.2) is 25.6 Å². The van der Waals surface area contributed by atoms with Gasteiger partial charge in [-0.15, -0.1) is 0 Å². The van der Waals surface area contributed by atoms with Crippen molar-refractivity contribution in [2.75, 3.05) is 0 Å². The van der Waals surface area contributed by atoms with Gasteiger partial charge in [0.1, 0.15) is 6.54 Å². The first kappa shape index (κ1) is 15.0. The number of hydrogen-bond acceptors (Lipinski definition) is 5. The monoisotopic (exact) mass is 311 g/mol. The van der Waals surface area contributed by atoms with Gasteiger partial charge in [-0.2, -0.15) is 4.98 Å². The van der Waals surface area contributed by atoms with E-state index in [0.717, 1.165) is 0 Å². The maximum absolute atomic E-state index is 12.3.